The molecule has 1 aliphatic rings. The van der Waals surface area contributed by atoms with E-state index in [-0.39, 0.29) is 23.2 Å². The molecule has 0 aromatic carbocycles. The van der Waals surface area contributed by atoms with Crippen molar-refractivity contribution in [2.75, 3.05) is 0 Å². The minimum absolute atomic E-state index is 0.176. The van der Waals surface area contributed by atoms with E-state index in [0.717, 1.165) is 6.42 Å². The van der Waals surface area contributed by atoms with Gasteiger partial charge in [-0.05, 0) is 17.8 Å². The van der Waals surface area contributed by atoms with Crippen molar-refractivity contribution in [2.45, 2.75) is 73.8 Å². The first-order valence-electron chi connectivity index (χ1n) is 9.06. The lowest BCUT2D eigenvalue weighted by Gasteiger charge is -2.23. The fourth-order valence-electron chi connectivity index (χ4n) is 2.87. The summed E-state index contributed by atoms with van der Waals surface area (Å²) in [4.78, 5) is 37.3. The summed E-state index contributed by atoms with van der Waals surface area (Å²) in [5, 5.41) is 10.5. The highest BCUT2D eigenvalue weighted by Crippen LogP contribution is 2.36. The summed E-state index contributed by atoms with van der Waals surface area (Å²) in [5.74, 6) is -2.35. The van der Waals surface area contributed by atoms with Gasteiger partial charge in [-0.3, -0.25) is 14.4 Å². The molecule has 0 fully saturated rings. The molecule has 0 heterocycles. The second kappa shape index (κ2) is 8.15. The minimum Gasteiger partial charge on any atom is -0.507 e. The van der Waals surface area contributed by atoms with Gasteiger partial charge >= 0.3 is 5.97 Å². The summed E-state index contributed by atoms with van der Waals surface area (Å²) in [5.41, 5.74) is -0.444. The molecule has 0 aliphatic heterocycles. The summed E-state index contributed by atoms with van der Waals surface area (Å²) in [7, 11) is 0. The second-order valence-electron chi connectivity index (χ2n) is 8.87. The third-order valence-electron chi connectivity index (χ3n) is 4.23. The Labute approximate surface area is 150 Å². The van der Waals surface area contributed by atoms with Crippen LogP contribution in [-0.4, -0.2) is 28.7 Å². The van der Waals surface area contributed by atoms with E-state index in [9.17, 15) is 19.5 Å². The monoisotopic (exact) mass is 352 g/mol. The molecule has 0 aromatic rings. The number of carbonyl (C=O) groups is 3. The van der Waals surface area contributed by atoms with E-state index in [4.69, 9.17) is 4.74 Å². The van der Waals surface area contributed by atoms with Crippen LogP contribution in [0.25, 0.3) is 0 Å². The van der Waals surface area contributed by atoms with Gasteiger partial charge in [0.15, 0.2) is 17.7 Å². The van der Waals surface area contributed by atoms with Crippen LogP contribution in [0.5, 0.6) is 0 Å². The third kappa shape index (κ3) is 5.68. The van der Waals surface area contributed by atoms with Crippen molar-refractivity contribution in [3.63, 3.8) is 0 Å². The predicted octanol–water partition coefficient (Wildman–Crippen LogP) is 4.01. The van der Waals surface area contributed by atoms with E-state index in [0.29, 0.717) is 12.3 Å². The van der Waals surface area contributed by atoms with E-state index >= 15 is 0 Å². The number of hydrogen-bond acceptors (Lipinski definition) is 5. The van der Waals surface area contributed by atoms with Gasteiger partial charge in [-0.25, -0.2) is 0 Å². The molecule has 0 spiro atoms. The zero-order chi connectivity index (χ0) is 19.5. The number of ether oxygens (including phenoxy) is 1. The van der Waals surface area contributed by atoms with E-state index in [2.05, 4.69) is 0 Å². The van der Waals surface area contributed by atoms with Crippen molar-refractivity contribution in [1.29, 1.82) is 0 Å². The summed E-state index contributed by atoms with van der Waals surface area (Å²) in [6.07, 6.45) is 0.358. The molecule has 0 saturated carbocycles. The van der Waals surface area contributed by atoms with Crippen LogP contribution >= 0.6 is 0 Å². The Morgan fingerprint density at radius 1 is 1.16 bits per heavy atom. The van der Waals surface area contributed by atoms with Crippen LogP contribution < -0.4 is 0 Å². The van der Waals surface area contributed by atoms with Crippen molar-refractivity contribution in [3.8, 4) is 0 Å². The van der Waals surface area contributed by atoms with Gasteiger partial charge in [0.25, 0.3) is 0 Å². The summed E-state index contributed by atoms with van der Waals surface area (Å²) in [6.45, 7) is 13.2. The second-order valence-corrected chi connectivity index (χ2v) is 8.87. The number of Topliss-reactive ketones (excluding diaryl/α,β-unsaturated/α-hetero) is 2. The summed E-state index contributed by atoms with van der Waals surface area (Å²) >= 11 is 0. The van der Waals surface area contributed by atoms with Gasteiger partial charge < -0.3 is 9.84 Å². The van der Waals surface area contributed by atoms with Crippen molar-refractivity contribution in [2.24, 2.45) is 23.2 Å². The summed E-state index contributed by atoms with van der Waals surface area (Å²) < 4.78 is 5.46. The highest BCUT2D eigenvalue weighted by Gasteiger charge is 2.47. The molecule has 5 heteroatoms. The minimum atomic E-state index is -1.04. The molecule has 5 nitrogen and oxygen atoms in total. The highest BCUT2D eigenvalue weighted by atomic mass is 16.6. The molecule has 0 saturated heterocycles. The molecular weight excluding hydrogens is 320 g/mol. The topological polar surface area (TPSA) is 80.7 Å². The molecule has 2 unspecified atom stereocenters. The van der Waals surface area contributed by atoms with Crippen LogP contribution in [0.1, 0.15) is 67.7 Å². The normalized spacial score (nSPS) is 21.4. The lowest BCUT2D eigenvalue weighted by atomic mass is 9.90. The molecule has 0 bridgehead atoms. The fourth-order valence-corrected chi connectivity index (χ4v) is 2.87. The van der Waals surface area contributed by atoms with E-state index in [1.807, 2.05) is 34.6 Å². The number of carbonyl (C=O) groups excluding carboxylic acids is 3. The Bertz CT molecular complexity index is 563. The Balaban J connectivity index is 3.09. The number of rotatable bonds is 7. The van der Waals surface area contributed by atoms with E-state index in [1.165, 1.54) is 0 Å². The molecule has 0 amide bonds. The van der Waals surface area contributed by atoms with Crippen LogP contribution in [0, 0.1) is 23.2 Å². The van der Waals surface area contributed by atoms with Crippen molar-refractivity contribution < 1.29 is 24.2 Å². The maximum absolute atomic E-state index is 12.7. The Morgan fingerprint density at radius 2 is 1.72 bits per heavy atom. The van der Waals surface area contributed by atoms with E-state index < -0.39 is 35.5 Å². The standard InChI is InChI=1S/C20H32O5/c1-11(2)8-9-13-17(23)15(16(22)12(3)4)18(24)19(13)25-14(21)10-20(5,6)7/h11-13,19,24H,8-10H2,1-7H3. The van der Waals surface area contributed by atoms with Crippen LogP contribution in [0.3, 0.4) is 0 Å². The Morgan fingerprint density at radius 3 is 2.16 bits per heavy atom. The average Bonchev–Trinajstić information content (AvgIpc) is 2.65. The van der Waals surface area contributed by atoms with Crippen molar-refractivity contribution in [1.82, 2.24) is 0 Å². The molecule has 2 atom stereocenters. The van der Waals surface area contributed by atoms with Gasteiger partial charge in [0, 0.05) is 5.92 Å². The summed E-state index contributed by atoms with van der Waals surface area (Å²) in [6, 6.07) is 0. The van der Waals surface area contributed by atoms with Gasteiger partial charge in [-0.2, -0.15) is 0 Å². The molecule has 25 heavy (non-hydrogen) atoms. The third-order valence-corrected chi connectivity index (χ3v) is 4.23. The Kier molecular flexibility index (Phi) is 6.98. The number of ketones is 2. The van der Waals surface area contributed by atoms with Crippen LogP contribution in [-0.2, 0) is 19.1 Å². The first-order chi connectivity index (χ1) is 11.3. The lowest BCUT2D eigenvalue weighted by molar-refractivity contribution is -0.153. The Hall–Kier alpha value is -1.65. The maximum Gasteiger partial charge on any atom is 0.307 e. The SMILES string of the molecule is CC(C)CCC1C(=O)C(C(=O)C(C)C)=C(O)C1OC(=O)CC(C)(C)C. The van der Waals surface area contributed by atoms with Gasteiger partial charge in [-0.15, -0.1) is 0 Å². The lowest BCUT2D eigenvalue weighted by Crippen LogP contribution is -2.30. The van der Waals surface area contributed by atoms with Gasteiger partial charge in [0.2, 0.25) is 0 Å². The predicted molar refractivity (Wildman–Crippen MR) is 96.0 cm³/mol. The highest BCUT2D eigenvalue weighted by molar-refractivity contribution is 6.23. The quantitative estimate of drug-likeness (QED) is 0.553. The van der Waals surface area contributed by atoms with Crippen molar-refractivity contribution >= 4 is 17.5 Å². The molecule has 142 valence electrons. The molecule has 1 rings (SSSR count). The van der Waals surface area contributed by atoms with Crippen LogP contribution in [0.2, 0.25) is 0 Å². The number of allylic oxidation sites excluding steroid dienone is 1. The molecule has 0 aromatic heterocycles. The number of aliphatic hydroxyl groups is 1. The smallest absolute Gasteiger partial charge is 0.307 e. The van der Waals surface area contributed by atoms with E-state index in [1.54, 1.807) is 13.8 Å². The average molecular weight is 352 g/mol. The first-order valence-corrected chi connectivity index (χ1v) is 9.06. The number of hydrogen-bond donors (Lipinski definition) is 1. The molecule has 1 aliphatic carbocycles. The van der Waals surface area contributed by atoms with Crippen molar-refractivity contribution in [3.05, 3.63) is 11.3 Å². The fraction of sp³-hybridized carbons (Fsp3) is 0.750. The van der Waals surface area contributed by atoms with Gasteiger partial charge in [0.1, 0.15) is 11.3 Å². The van der Waals surface area contributed by atoms with Crippen LogP contribution in [0.15, 0.2) is 11.3 Å². The molecule has 0 radical (unpaired) electrons. The largest absolute Gasteiger partial charge is 0.507 e. The molecule has 1 N–H and O–H groups in total. The van der Waals surface area contributed by atoms with Crippen LogP contribution in [0.4, 0.5) is 0 Å². The van der Waals surface area contributed by atoms with Gasteiger partial charge in [0.05, 0.1) is 12.3 Å². The maximum atomic E-state index is 12.7. The molecular formula is C20H32O5. The zero-order valence-electron chi connectivity index (χ0n) is 16.5. The zero-order valence-corrected chi connectivity index (χ0v) is 16.5. The number of esters is 1. The number of aliphatic hydroxyl groups excluding tert-OH is 1. The first kappa shape index (κ1) is 21.4. The van der Waals surface area contributed by atoms with Gasteiger partial charge in [-0.1, -0.05) is 54.9 Å².